The maximum atomic E-state index is 4.83. The maximum absolute atomic E-state index is 4.83. The Morgan fingerprint density at radius 1 is 0.509 bits per heavy atom. The molecule has 0 amide bonds. The van der Waals surface area contributed by atoms with E-state index in [1.54, 1.807) is 0 Å². The molecule has 53 heavy (non-hydrogen) atoms. The van der Waals surface area contributed by atoms with E-state index in [4.69, 9.17) is 6.58 Å². The number of benzene rings is 8. The molecule has 1 nitrogen and oxygen atoms in total. The SMILES string of the molecule is C=C(/C=C\C=C/C)C1(c2ccccc2)c2ccccc2-c2ccc(N(c3ccc4ccc5ccccc5c4c3)c3ccccc3-c3ccccc3)cc21. The summed E-state index contributed by atoms with van der Waals surface area (Å²) in [6.45, 7) is 6.87. The van der Waals surface area contributed by atoms with E-state index >= 15 is 0 Å². The fourth-order valence-electron chi connectivity index (χ4n) is 8.43. The second-order valence-corrected chi connectivity index (χ2v) is 13.7. The van der Waals surface area contributed by atoms with Crippen molar-refractivity contribution in [1.82, 2.24) is 0 Å². The lowest BCUT2D eigenvalue weighted by Crippen LogP contribution is -2.28. The van der Waals surface area contributed by atoms with Crippen molar-refractivity contribution in [3.8, 4) is 22.3 Å². The van der Waals surface area contributed by atoms with Crippen molar-refractivity contribution in [3.63, 3.8) is 0 Å². The second kappa shape index (κ2) is 13.5. The lowest BCUT2D eigenvalue weighted by atomic mass is 9.67. The third-order valence-corrected chi connectivity index (χ3v) is 10.8. The number of para-hydroxylation sites is 1. The van der Waals surface area contributed by atoms with Crippen molar-refractivity contribution in [2.75, 3.05) is 4.90 Å². The molecule has 0 aliphatic heterocycles. The fourth-order valence-corrected chi connectivity index (χ4v) is 8.43. The quantitative estimate of drug-likeness (QED) is 0.114. The van der Waals surface area contributed by atoms with E-state index in [-0.39, 0.29) is 0 Å². The first-order valence-corrected chi connectivity index (χ1v) is 18.3. The molecule has 0 N–H and O–H groups in total. The van der Waals surface area contributed by atoms with Crippen molar-refractivity contribution in [1.29, 1.82) is 0 Å². The Morgan fingerprint density at radius 2 is 1.11 bits per heavy atom. The summed E-state index contributed by atoms with van der Waals surface area (Å²) in [5.41, 5.74) is 12.2. The average Bonchev–Trinajstić information content (AvgIpc) is 3.52. The van der Waals surface area contributed by atoms with Crippen LogP contribution in [0.1, 0.15) is 23.6 Å². The highest BCUT2D eigenvalue weighted by atomic mass is 15.1. The average molecular weight is 678 g/mol. The number of allylic oxidation sites excluding steroid dienone is 5. The second-order valence-electron chi connectivity index (χ2n) is 13.7. The summed E-state index contributed by atoms with van der Waals surface area (Å²) in [6, 6.07) is 66.3. The van der Waals surface area contributed by atoms with Crippen LogP contribution in [0.15, 0.2) is 218 Å². The molecule has 0 spiro atoms. The minimum atomic E-state index is -0.592. The Labute approximate surface area is 312 Å². The van der Waals surface area contributed by atoms with Gasteiger partial charge in [-0.3, -0.25) is 0 Å². The molecule has 1 aliphatic carbocycles. The van der Waals surface area contributed by atoms with E-state index in [2.05, 4.69) is 211 Å². The largest absolute Gasteiger partial charge is 0.310 e. The molecule has 0 radical (unpaired) electrons. The molecule has 0 aromatic heterocycles. The van der Waals surface area contributed by atoms with Gasteiger partial charge >= 0.3 is 0 Å². The van der Waals surface area contributed by atoms with Crippen molar-refractivity contribution in [2.45, 2.75) is 12.3 Å². The van der Waals surface area contributed by atoms with Gasteiger partial charge in [0.25, 0.3) is 0 Å². The van der Waals surface area contributed by atoms with E-state index in [9.17, 15) is 0 Å². The van der Waals surface area contributed by atoms with E-state index in [0.29, 0.717) is 0 Å². The van der Waals surface area contributed by atoms with Gasteiger partial charge in [-0.25, -0.2) is 0 Å². The van der Waals surface area contributed by atoms with Gasteiger partial charge in [0.2, 0.25) is 0 Å². The Balaban J connectivity index is 1.34. The van der Waals surface area contributed by atoms with Crippen molar-refractivity contribution in [2.24, 2.45) is 0 Å². The molecule has 0 saturated carbocycles. The highest BCUT2D eigenvalue weighted by Gasteiger charge is 2.46. The number of fused-ring (bicyclic) bond motifs is 6. The molecule has 0 saturated heterocycles. The Bertz CT molecular complexity index is 2700. The third-order valence-electron chi connectivity index (χ3n) is 10.8. The molecule has 0 bridgehead atoms. The molecule has 0 heterocycles. The summed E-state index contributed by atoms with van der Waals surface area (Å²) >= 11 is 0. The molecule has 1 unspecified atom stereocenters. The Morgan fingerprint density at radius 3 is 1.92 bits per heavy atom. The standard InChI is InChI=1S/C52H39N/c1-3-4-7-18-37(2)52(41-22-10-6-11-23-41)49-27-16-14-26-46(49)47-34-33-43(36-50(47)52)53(51-28-17-15-25-45(51)38-19-8-5-9-20-38)42-32-31-40-30-29-39-21-12-13-24-44(39)48(40)35-42/h3-36H,2H2,1H3/b4-3-,18-7-. The van der Waals surface area contributed by atoms with E-state index in [0.717, 1.165) is 22.6 Å². The van der Waals surface area contributed by atoms with Crippen molar-refractivity contribution < 1.29 is 0 Å². The van der Waals surface area contributed by atoms with Crippen LogP contribution in [-0.2, 0) is 5.41 Å². The highest BCUT2D eigenvalue weighted by Crippen LogP contribution is 2.57. The summed E-state index contributed by atoms with van der Waals surface area (Å²) in [5.74, 6) is 0. The molecule has 1 heteroatoms. The van der Waals surface area contributed by atoms with Crippen LogP contribution in [-0.4, -0.2) is 0 Å². The van der Waals surface area contributed by atoms with Gasteiger partial charge in [-0.05, 0) is 97.8 Å². The first kappa shape index (κ1) is 32.2. The summed E-state index contributed by atoms with van der Waals surface area (Å²) in [4.78, 5) is 2.45. The van der Waals surface area contributed by atoms with Crippen LogP contribution in [0.4, 0.5) is 17.1 Å². The summed E-state index contributed by atoms with van der Waals surface area (Å²) < 4.78 is 0. The number of nitrogens with zero attached hydrogens (tertiary/aromatic N) is 1. The lowest BCUT2D eigenvalue weighted by molar-refractivity contribution is 0.770. The highest BCUT2D eigenvalue weighted by molar-refractivity contribution is 6.09. The van der Waals surface area contributed by atoms with Gasteiger partial charge < -0.3 is 4.90 Å². The van der Waals surface area contributed by atoms with Crippen LogP contribution < -0.4 is 4.90 Å². The molecule has 8 aromatic carbocycles. The van der Waals surface area contributed by atoms with Crippen molar-refractivity contribution >= 4 is 38.6 Å². The van der Waals surface area contributed by atoms with Gasteiger partial charge in [-0.15, -0.1) is 0 Å². The monoisotopic (exact) mass is 677 g/mol. The van der Waals surface area contributed by atoms with Gasteiger partial charge in [0, 0.05) is 16.9 Å². The molecule has 252 valence electrons. The van der Waals surface area contributed by atoms with Crippen LogP contribution in [0.3, 0.4) is 0 Å². The summed E-state index contributed by atoms with van der Waals surface area (Å²) in [6.07, 6.45) is 8.43. The first-order chi connectivity index (χ1) is 26.2. The van der Waals surface area contributed by atoms with Crippen LogP contribution in [0.25, 0.3) is 43.8 Å². The molecular weight excluding hydrogens is 639 g/mol. The van der Waals surface area contributed by atoms with Crippen LogP contribution in [0.5, 0.6) is 0 Å². The van der Waals surface area contributed by atoms with E-state index in [1.165, 1.54) is 60.5 Å². The van der Waals surface area contributed by atoms with Gasteiger partial charge in [0.05, 0.1) is 11.1 Å². The Kier molecular flexibility index (Phi) is 8.18. The number of hydrogen-bond donors (Lipinski definition) is 0. The van der Waals surface area contributed by atoms with Crippen LogP contribution in [0, 0.1) is 0 Å². The van der Waals surface area contributed by atoms with Gasteiger partial charge in [0.1, 0.15) is 0 Å². The van der Waals surface area contributed by atoms with Crippen LogP contribution in [0.2, 0.25) is 0 Å². The number of hydrogen-bond acceptors (Lipinski definition) is 1. The van der Waals surface area contributed by atoms with Gasteiger partial charge in [-0.1, -0.05) is 183 Å². The zero-order chi connectivity index (χ0) is 35.8. The molecular formula is C52H39N. The zero-order valence-corrected chi connectivity index (χ0v) is 29.8. The molecule has 9 rings (SSSR count). The predicted octanol–water partition coefficient (Wildman–Crippen LogP) is 14.1. The minimum absolute atomic E-state index is 0.592. The maximum Gasteiger partial charge on any atom is 0.0708 e. The topological polar surface area (TPSA) is 3.24 Å². The normalized spacial score (nSPS) is 14.9. The lowest BCUT2D eigenvalue weighted by Gasteiger charge is -2.35. The van der Waals surface area contributed by atoms with E-state index < -0.39 is 5.41 Å². The molecule has 8 aromatic rings. The minimum Gasteiger partial charge on any atom is -0.310 e. The summed E-state index contributed by atoms with van der Waals surface area (Å²) in [5, 5.41) is 4.94. The predicted molar refractivity (Wildman–Crippen MR) is 226 cm³/mol. The zero-order valence-electron chi connectivity index (χ0n) is 29.8. The molecule has 0 fully saturated rings. The number of rotatable bonds is 8. The number of anilines is 3. The smallest absolute Gasteiger partial charge is 0.0708 e. The molecule has 1 atom stereocenters. The van der Waals surface area contributed by atoms with E-state index in [1.807, 2.05) is 6.92 Å². The summed E-state index contributed by atoms with van der Waals surface area (Å²) in [7, 11) is 0. The van der Waals surface area contributed by atoms with Crippen LogP contribution >= 0.6 is 0 Å². The molecule has 1 aliphatic rings. The van der Waals surface area contributed by atoms with Gasteiger partial charge in [0.15, 0.2) is 0 Å². The Hall–Kier alpha value is -6.70. The first-order valence-electron chi connectivity index (χ1n) is 18.3. The third kappa shape index (κ3) is 5.32. The fraction of sp³-hybridized carbons (Fsp3) is 0.0385. The van der Waals surface area contributed by atoms with Gasteiger partial charge in [-0.2, -0.15) is 0 Å². The van der Waals surface area contributed by atoms with Crippen molar-refractivity contribution in [3.05, 3.63) is 235 Å².